The van der Waals surface area contributed by atoms with Crippen LogP contribution in [0.25, 0.3) is 0 Å². The van der Waals surface area contributed by atoms with Crippen molar-refractivity contribution in [3.8, 4) is 0 Å². The fourth-order valence-electron chi connectivity index (χ4n) is 2.80. The van der Waals surface area contributed by atoms with E-state index in [9.17, 15) is 0 Å². The summed E-state index contributed by atoms with van der Waals surface area (Å²) < 4.78 is 0.842. The fraction of sp³-hybridized carbons (Fsp3) is 0.615. The summed E-state index contributed by atoms with van der Waals surface area (Å²) in [5.74, 6) is 0.694. The number of halogens is 2. The van der Waals surface area contributed by atoms with Gasteiger partial charge in [-0.15, -0.1) is 0 Å². The third-order valence-electron chi connectivity index (χ3n) is 3.48. The molecule has 4 heteroatoms. The van der Waals surface area contributed by atoms with Crippen LogP contribution in [0.4, 0.5) is 5.69 Å². The highest BCUT2D eigenvalue weighted by molar-refractivity contribution is 9.10. The van der Waals surface area contributed by atoms with Crippen molar-refractivity contribution < 1.29 is 0 Å². The quantitative estimate of drug-likeness (QED) is 0.797. The molecule has 0 saturated heterocycles. The van der Waals surface area contributed by atoms with Gasteiger partial charge in [0.25, 0.3) is 0 Å². The Hall–Kier alpha value is -0.280. The minimum atomic E-state index is 0.439. The number of hydrogen-bond donors (Lipinski definition) is 1. The molecule has 1 N–H and O–H groups in total. The molecule has 0 radical (unpaired) electrons. The van der Waals surface area contributed by atoms with Crippen molar-refractivity contribution in [2.45, 2.75) is 39.7 Å². The molecular weight excluding hydrogens is 300 g/mol. The average Bonchev–Trinajstić information content (AvgIpc) is 2.46. The number of anilines is 1. The molecule has 2 unspecified atom stereocenters. The first-order valence-corrected chi connectivity index (χ1v) is 7.12. The van der Waals surface area contributed by atoms with Gasteiger partial charge in [0.05, 0.1) is 16.4 Å². The molecule has 1 aliphatic carbocycles. The van der Waals surface area contributed by atoms with Crippen molar-refractivity contribution in [1.29, 1.82) is 0 Å². The van der Waals surface area contributed by atoms with Gasteiger partial charge in [0.1, 0.15) is 5.15 Å². The van der Waals surface area contributed by atoms with Crippen LogP contribution in [-0.2, 0) is 0 Å². The Morgan fingerprint density at radius 3 is 2.71 bits per heavy atom. The minimum absolute atomic E-state index is 0.439. The minimum Gasteiger partial charge on any atom is -0.381 e. The molecule has 1 aromatic heterocycles. The zero-order chi connectivity index (χ0) is 12.6. The normalized spacial score (nSPS) is 27.1. The molecule has 0 aliphatic heterocycles. The van der Waals surface area contributed by atoms with Gasteiger partial charge in [0, 0.05) is 6.04 Å². The van der Waals surface area contributed by atoms with E-state index in [-0.39, 0.29) is 0 Å². The molecule has 2 atom stereocenters. The number of rotatable bonds is 2. The molecular formula is C13H18BrClN2. The van der Waals surface area contributed by atoms with Gasteiger partial charge < -0.3 is 5.32 Å². The van der Waals surface area contributed by atoms with Crippen molar-refractivity contribution in [3.63, 3.8) is 0 Å². The molecule has 0 amide bonds. The number of nitrogens with zero attached hydrogens (tertiary/aromatic N) is 1. The first-order chi connectivity index (χ1) is 7.87. The zero-order valence-electron chi connectivity index (χ0n) is 10.4. The Balaban J connectivity index is 2.08. The molecule has 17 heavy (non-hydrogen) atoms. The lowest BCUT2D eigenvalue weighted by atomic mass is 9.91. The molecule has 0 aromatic carbocycles. The van der Waals surface area contributed by atoms with Gasteiger partial charge >= 0.3 is 0 Å². The summed E-state index contributed by atoms with van der Waals surface area (Å²) >= 11 is 9.28. The maximum absolute atomic E-state index is 5.89. The van der Waals surface area contributed by atoms with Gasteiger partial charge in [0.15, 0.2) is 0 Å². The maximum atomic E-state index is 5.89. The van der Waals surface area contributed by atoms with Crippen molar-refractivity contribution in [3.05, 3.63) is 21.9 Å². The van der Waals surface area contributed by atoms with E-state index >= 15 is 0 Å². The monoisotopic (exact) mass is 316 g/mol. The van der Waals surface area contributed by atoms with Crippen molar-refractivity contribution in [2.75, 3.05) is 5.32 Å². The molecule has 2 rings (SSSR count). The molecule has 2 nitrogen and oxygen atoms in total. The molecule has 1 heterocycles. The molecule has 1 saturated carbocycles. The Morgan fingerprint density at radius 2 is 2.18 bits per heavy atom. The summed E-state index contributed by atoms with van der Waals surface area (Å²) in [5.41, 5.74) is 1.48. The van der Waals surface area contributed by atoms with Crippen molar-refractivity contribution in [2.24, 2.45) is 11.3 Å². The van der Waals surface area contributed by atoms with Crippen LogP contribution in [0, 0.1) is 11.3 Å². The highest BCUT2D eigenvalue weighted by atomic mass is 79.9. The zero-order valence-corrected chi connectivity index (χ0v) is 12.8. The third kappa shape index (κ3) is 3.14. The number of aromatic nitrogens is 1. The summed E-state index contributed by atoms with van der Waals surface area (Å²) in [4.78, 5) is 4.14. The Labute approximate surface area is 116 Å². The van der Waals surface area contributed by atoms with Crippen LogP contribution in [-0.4, -0.2) is 11.0 Å². The Kier molecular flexibility index (Phi) is 3.69. The second kappa shape index (κ2) is 4.77. The summed E-state index contributed by atoms with van der Waals surface area (Å²) in [6.07, 6.45) is 4.27. The van der Waals surface area contributed by atoms with Crippen molar-refractivity contribution >= 4 is 33.2 Å². The van der Waals surface area contributed by atoms with Crippen LogP contribution in [0.5, 0.6) is 0 Å². The van der Waals surface area contributed by atoms with Gasteiger partial charge in [-0.05, 0) is 46.2 Å². The van der Waals surface area contributed by atoms with Gasteiger partial charge in [0.2, 0.25) is 0 Å². The Bertz CT molecular complexity index is 420. The largest absolute Gasteiger partial charge is 0.381 e. The predicted octanol–water partition coefficient (Wildman–Crippen LogP) is 4.73. The molecule has 0 spiro atoms. The molecule has 1 fully saturated rings. The average molecular weight is 318 g/mol. The molecule has 94 valence electrons. The van der Waals surface area contributed by atoms with Crippen molar-refractivity contribution in [1.82, 2.24) is 4.98 Å². The molecule has 1 aromatic rings. The smallest absolute Gasteiger partial charge is 0.143 e. The summed E-state index contributed by atoms with van der Waals surface area (Å²) in [5, 5.41) is 4.07. The van der Waals surface area contributed by atoms with Crippen LogP contribution >= 0.6 is 27.5 Å². The summed E-state index contributed by atoms with van der Waals surface area (Å²) in [6, 6.07) is 2.52. The lowest BCUT2D eigenvalue weighted by Gasteiger charge is -2.19. The summed E-state index contributed by atoms with van der Waals surface area (Å²) in [6.45, 7) is 6.98. The van der Waals surface area contributed by atoms with E-state index in [0.717, 1.165) is 10.2 Å². The van der Waals surface area contributed by atoms with E-state index in [4.69, 9.17) is 11.6 Å². The lowest BCUT2D eigenvalue weighted by Crippen LogP contribution is -2.22. The number of pyridine rings is 1. The predicted molar refractivity (Wildman–Crippen MR) is 76.5 cm³/mol. The highest BCUT2D eigenvalue weighted by Gasteiger charge is 2.36. The number of hydrogen-bond acceptors (Lipinski definition) is 2. The van der Waals surface area contributed by atoms with E-state index in [1.165, 1.54) is 12.8 Å². The first kappa shape index (κ1) is 13.2. The number of nitrogens with one attached hydrogen (secondary N) is 1. The van der Waals surface area contributed by atoms with Crippen LogP contribution in [0.3, 0.4) is 0 Å². The van der Waals surface area contributed by atoms with E-state index < -0.39 is 0 Å². The van der Waals surface area contributed by atoms with Gasteiger partial charge in [-0.25, -0.2) is 4.98 Å². The van der Waals surface area contributed by atoms with E-state index in [1.807, 2.05) is 6.07 Å². The first-order valence-electron chi connectivity index (χ1n) is 5.95. The molecule has 1 aliphatic rings. The topological polar surface area (TPSA) is 24.9 Å². The van der Waals surface area contributed by atoms with Crippen LogP contribution < -0.4 is 5.32 Å². The van der Waals surface area contributed by atoms with Crippen LogP contribution in [0.1, 0.15) is 33.6 Å². The van der Waals surface area contributed by atoms with E-state index in [2.05, 4.69) is 47.0 Å². The van der Waals surface area contributed by atoms with Crippen LogP contribution in [0.15, 0.2) is 16.7 Å². The third-order valence-corrected chi connectivity index (χ3v) is 4.62. The standard InChI is InChI=1S/C13H18BrClN2/c1-8-5-13(2,3)6-11(8)17-9-4-10(14)12(15)16-7-9/h4,7-8,11,17H,5-6H2,1-3H3. The van der Waals surface area contributed by atoms with Gasteiger partial charge in [-0.3, -0.25) is 0 Å². The second-order valence-electron chi connectivity index (χ2n) is 5.80. The fourth-order valence-corrected chi connectivity index (χ4v) is 3.25. The van der Waals surface area contributed by atoms with E-state index in [0.29, 0.717) is 22.5 Å². The highest BCUT2D eigenvalue weighted by Crippen LogP contribution is 2.42. The molecule has 0 bridgehead atoms. The van der Waals surface area contributed by atoms with Gasteiger partial charge in [-0.2, -0.15) is 0 Å². The van der Waals surface area contributed by atoms with Crippen LogP contribution in [0.2, 0.25) is 5.15 Å². The second-order valence-corrected chi connectivity index (χ2v) is 7.01. The van der Waals surface area contributed by atoms with Gasteiger partial charge in [-0.1, -0.05) is 32.4 Å². The lowest BCUT2D eigenvalue weighted by molar-refractivity contribution is 0.366. The van der Waals surface area contributed by atoms with E-state index in [1.54, 1.807) is 6.20 Å². The summed E-state index contributed by atoms with van der Waals surface area (Å²) in [7, 11) is 0. The maximum Gasteiger partial charge on any atom is 0.143 e. The Morgan fingerprint density at radius 1 is 1.47 bits per heavy atom. The SMILES string of the molecule is CC1CC(C)(C)CC1Nc1cnc(Cl)c(Br)c1.